The lowest BCUT2D eigenvalue weighted by Gasteiger charge is -2.21. The third-order valence-electron chi connectivity index (χ3n) is 4.29. The molecule has 18 heavy (non-hydrogen) atoms. The van der Waals surface area contributed by atoms with Crippen LogP contribution in [-0.4, -0.2) is 29.1 Å². The molecule has 2 saturated heterocycles. The Morgan fingerprint density at radius 1 is 1.33 bits per heavy atom. The number of hydrogen-bond acceptors (Lipinski definition) is 2. The van der Waals surface area contributed by atoms with Gasteiger partial charge in [0.05, 0.1) is 18.6 Å². The first-order valence-electron chi connectivity index (χ1n) is 6.47. The minimum atomic E-state index is -0.309. The number of amides is 1. The van der Waals surface area contributed by atoms with Crippen molar-refractivity contribution in [2.45, 2.75) is 24.7 Å². The van der Waals surface area contributed by atoms with Gasteiger partial charge in [0, 0.05) is 6.54 Å². The summed E-state index contributed by atoms with van der Waals surface area (Å²) in [4.78, 5) is 14.3. The normalized spacial score (nSPS) is 36.4. The zero-order chi connectivity index (χ0) is 12.2. The standard InChI is InChI=1S/C15H15NO2/c17-14-13-8-12-6-7-15(13,18-12)10-16(14)9-11-4-2-1-3-5-11/h1-7,12-13H,8-10H2. The van der Waals surface area contributed by atoms with Gasteiger partial charge in [0.2, 0.25) is 5.91 Å². The van der Waals surface area contributed by atoms with E-state index in [-0.39, 0.29) is 23.5 Å². The summed E-state index contributed by atoms with van der Waals surface area (Å²) >= 11 is 0. The van der Waals surface area contributed by atoms with E-state index >= 15 is 0 Å². The minimum Gasteiger partial charge on any atom is -0.361 e. The van der Waals surface area contributed by atoms with Gasteiger partial charge in [-0.05, 0) is 12.0 Å². The smallest absolute Gasteiger partial charge is 0.229 e. The van der Waals surface area contributed by atoms with Crippen molar-refractivity contribution in [2.75, 3.05) is 6.54 Å². The first-order chi connectivity index (χ1) is 8.77. The van der Waals surface area contributed by atoms with Crippen LogP contribution in [0.15, 0.2) is 42.5 Å². The molecule has 3 heterocycles. The van der Waals surface area contributed by atoms with E-state index in [1.807, 2.05) is 23.1 Å². The number of benzene rings is 1. The Hall–Kier alpha value is -1.61. The first-order valence-corrected chi connectivity index (χ1v) is 6.47. The number of hydrogen-bond donors (Lipinski definition) is 0. The SMILES string of the molecule is O=C1C2CC3C=CC2(CN1Cc1ccccc1)O3. The number of nitrogens with zero attached hydrogens (tertiary/aromatic N) is 1. The average Bonchev–Trinajstić information content (AvgIpc) is 3.02. The van der Waals surface area contributed by atoms with Gasteiger partial charge in [-0.2, -0.15) is 0 Å². The number of likely N-dealkylation sites (tertiary alicyclic amines) is 1. The molecular weight excluding hydrogens is 226 g/mol. The molecule has 3 aliphatic heterocycles. The van der Waals surface area contributed by atoms with Crippen molar-refractivity contribution in [3.63, 3.8) is 0 Å². The van der Waals surface area contributed by atoms with Crippen molar-refractivity contribution in [3.05, 3.63) is 48.0 Å². The van der Waals surface area contributed by atoms with E-state index in [4.69, 9.17) is 4.74 Å². The predicted octanol–water partition coefficient (Wildman–Crippen LogP) is 1.74. The lowest BCUT2D eigenvalue weighted by Crippen LogP contribution is -2.32. The summed E-state index contributed by atoms with van der Waals surface area (Å²) in [5, 5.41) is 0. The van der Waals surface area contributed by atoms with Gasteiger partial charge in [-0.3, -0.25) is 4.79 Å². The van der Waals surface area contributed by atoms with Crippen LogP contribution in [0.5, 0.6) is 0 Å². The highest BCUT2D eigenvalue weighted by Gasteiger charge is 2.59. The van der Waals surface area contributed by atoms with E-state index in [9.17, 15) is 4.79 Å². The van der Waals surface area contributed by atoms with Crippen molar-refractivity contribution < 1.29 is 9.53 Å². The van der Waals surface area contributed by atoms with Gasteiger partial charge in [-0.25, -0.2) is 0 Å². The summed E-state index contributed by atoms with van der Waals surface area (Å²) in [6.45, 7) is 1.40. The average molecular weight is 241 g/mol. The van der Waals surface area contributed by atoms with E-state index in [0.717, 1.165) is 6.42 Å². The van der Waals surface area contributed by atoms with Gasteiger partial charge in [-0.15, -0.1) is 0 Å². The van der Waals surface area contributed by atoms with Crippen LogP contribution in [0.2, 0.25) is 0 Å². The molecule has 0 saturated carbocycles. The Labute approximate surface area is 106 Å². The maximum Gasteiger partial charge on any atom is 0.229 e. The Kier molecular flexibility index (Phi) is 1.98. The molecule has 1 aromatic rings. The Bertz CT molecular complexity index is 525. The van der Waals surface area contributed by atoms with E-state index in [2.05, 4.69) is 24.3 Å². The predicted molar refractivity (Wildman–Crippen MR) is 66.7 cm³/mol. The molecule has 1 aromatic carbocycles. The summed E-state index contributed by atoms with van der Waals surface area (Å²) in [5.74, 6) is 0.307. The molecule has 3 atom stereocenters. The second-order valence-corrected chi connectivity index (χ2v) is 5.44. The molecule has 0 N–H and O–H groups in total. The number of carbonyl (C=O) groups is 1. The highest BCUT2D eigenvalue weighted by atomic mass is 16.5. The molecule has 1 spiro atoms. The first kappa shape index (κ1) is 10.3. The second kappa shape index (κ2) is 3.45. The molecule has 4 rings (SSSR count). The van der Waals surface area contributed by atoms with Crippen LogP contribution in [0.1, 0.15) is 12.0 Å². The lowest BCUT2D eigenvalue weighted by molar-refractivity contribution is -0.131. The third kappa shape index (κ3) is 1.31. The van der Waals surface area contributed by atoms with Crippen molar-refractivity contribution in [1.82, 2.24) is 4.90 Å². The maximum absolute atomic E-state index is 12.4. The Morgan fingerprint density at radius 2 is 2.17 bits per heavy atom. The summed E-state index contributed by atoms with van der Waals surface area (Å²) < 4.78 is 5.95. The number of carbonyl (C=O) groups excluding carboxylic acids is 1. The summed E-state index contributed by atoms with van der Waals surface area (Å²) in [5.41, 5.74) is 0.872. The van der Waals surface area contributed by atoms with E-state index in [1.165, 1.54) is 5.56 Å². The number of ether oxygens (including phenoxy) is 1. The Balaban J connectivity index is 1.59. The monoisotopic (exact) mass is 241 g/mol. The fourth-order valence-electron chi connectivity index (χ4n) is 3.43. The van der Waals surface area contributed by atoms with E-state index in [1.54, 1.807) is 0 Å². The van der Waals surface area contributed by atoms with Gasteiger partial charge in [0.25, 0.3) is 0 Å². The van der Waals surface area contributed by atoms with Gasteiger partial charge < -0.3 is 9.64 Å². The molecule has 3 unspecified atom stereocenters. The van der Waals surface area contributed by atoms with Crippen molar-refractivity contribution >= 4 is 5.91 Å². The molecule has 0 aromatic heterocycles. The van der Waals surface area contributed by atoms with E-state index in [0.29, 0.717) is 13.1 Å². The molecule has 92 valence electrons. The highest BCUT2D eigenvalue weighted by Crippen LogP contribution is 2.48. The van der Waals surface area contributed by atoms with Crippen molar-refractivity contribution in [2.24, 2.45) is 5.92 Å². The fraction of sp³-hybridized carbons (Fsp3) is 0.400. The molecule has 0 radical (unpaired) electrons. The molecule has 3 nitrogen and oxygen atoms in total. The van der Waals surface area contributed by atoms with Crippen LogP contribution in [0.3, 0.4) is 0 Å². The topological polar surface area (TPSA) is 29.5 Å². The quantitative estimate of drug-likeness (QED) is 0.738. The van der Waals surface area contributed by atoms with Crippen LogP contribution >= 0.6 is 0 Å². The molecule has 0 aliphatic carbocycles. The molecular formula is C15H15NO2. The molecule has 2 bridgehead atoms. The largest absolute Gasteiger partial charge is 0.361 e. The lowest BCUT2D eigenvalue weighted by atomic mass is 9.86. The number of fused-ring (bicyclic) bond motifs is 1. The fourth-order valence-corrected chi connectivity index (χ4v) is 3.43. The summed E-state index contributed by atoms with van der Waals surface area (Å²) in [7, 11) is 0. The van der Waals surface area contributed by atoms with E-state index < -0.39 is 0 Å². The zero-order valence-electron chi connectivity index (χ0n) is 10.1. The van der Waals surface area contributed by atoms with Gasteiger partial charge in [-0.1, -0.05) is 42.5 Å². The third-order valence-corrected chi connectivity index (χ3v) is 4.29. The van der Waals surface area contributed by atoms with Gasteiger partial charge in [0.1, 0.15) is 5.60 Å². The molecule has 1 amide bonds. The van der Waals surface area contributed by atoms with Crippen LogP contribution in [0.25, 0.3) is 0 Å². The summed E-state index contributed by atoms with van der Waals surface area (Å²) in [6, 6.07) is 10.1. The number of rotatable bonds is 2. The van der Waals surface area contributed by atoms with Gasteiger partial charge in [0.15, 0.2) is 0 Å². The molecule has 3 aliphatic rings. The second-order valence-electron chi connectivity index (χ2n) is 5.44. The highest BCUT2D eigenvalue weighted by molar-refractivity contribution is 5.84. The minimum absolute atomic E-state index is 0.0520. The van der Waals surface area contributed by atoms with Crippen LogP contribution in [0.4, 0.5) is 0 Å². The van der Waals surface area contributed by atoms with Crippen LogP contribution in [-0.2, 0) is 16.1 Å². The Morgan fingerprint density at radius 3 is 2.89 bits per heavy atom. The maximum atomic E-state index is 12.4. The molecule has 3 heteroatoms. The zero-order valence-corrected chi connectivity index (χ0v) is 10.1. The molecule has 2 fully saturated rings. The van der Waals surface area contributed by atoms with Crippen LogP contribution in [0, 0.1) is 5.92 Å². The summed E-state index contributed by atoms with van der Waals surface area (Å²) in [6.07, 6.45) is 5.25. The van der Waals surface area contributed by atoms with Crippen LogP contribution < -0.4 is 0 Å². The van der Waals surface area contributed by atoms with Crippen molar-refractivity contribution in [1.29, 1.82) is 0 Å². The van der Waals surface area contributed by atoms with Crippen molar-refractivity contribution in [3.8, 4) is 0 Å². The van der Waals surface area contributed by atoms with Gasteiger partial charge >= 0.3 is 0 Å².